The van der Waals surface area contributed by atoms with Crippen LogP contribution in [-0.4, -0.2) is 10.5 Å². The van der Waals surface area contributed by atoms with Gasteiger partial charge in [-0.3, -0.25) is 9.59 Å². The molecule has 0 fully saturated rings. The van der Waals surface area contributed by atoms with E-state index in [0.29, 0.717) is 18.0 Å². The number of hydrogen-bond acceptors (Lipinski definition) is 2. The summed E-state index contributed by atoms with van der Waals surface area (Å²) in [5.41, 5.74) is 1.28. The molecule has 4 rings (SSSR count). The van der Waals surface area contributed by atoms with Gasteiger partial charge in [-0.25, -0.2) is 8.78 Å². The average molecular weight is 326 g/mol. The van der Waals surface area contributed by atoms with E-state index in [4.69, 9.17) is 0 Å². The zero-order chi connectivity index (χ0) is 16.8. The fourth-order valence-electron chi connectivity index (χ4n) is 3.10. The first-order chi connectivity index (χ1) is 11.5. The van der Waals surface area contributed by atoms with E-state index in [2.05, 4.69) is 5.32 Å². The highest BCUT2D eigenvalue weighted by Crippen LogP contribution is 2.24. The largest absolute Gasteiger partial charge is 0.346 e. The number of anilines is 1. The van der Waals surface area contributed by atoms with E-state index in [0.717, 1.165) is 29.6 Å². The minimum absolute atomic E-state index is 0.0646. The molecule has 0 unspecified atom stereocenters. The summed E-state index contributed by atoms with van der Waals surface area (Å²) >= 11 is 0. The number of rotatable bonds is 2. The van der Waals surface area contributed by atoms with Crippen LogP contribution in [0.3, 0.4) is 0 Å². The summed E-state index contributed by atoms with van der Waals surface area (Å²) in [5.74, 6) is -2.35. The number of para-hydroxylation sites is 1. The van der Waals surface area contributed by atoms with Crippen LogP contribution < -0.4 is 10.7 Å². The Bertz CT molecular complexity index is 1060. The lowest BCUT2D eigenvalue weighted by Gasteiger charge is -2.10. The fraction of sp³-hybridized carbons (Fsp3) is 0.111. The van der Waals surface area contributed by atoms with E-state index in [9.17, 15) is 18.4 Å². The lowest BCUT2D eigenvalue weighted by molar-refractivity contribution is 0.102. The Morgan fingerprint density at radius 3 is 2.79 bits per heavy atom. The summed E-state index contributed by atoms with van der Waals surface area (Å²) in [6.45, 7) is 0.682. The number of halogens is 2. The molecule has 1 aliphatic heterocycles. The number of aromatic nitrogens is 1. The van der Waals surface area contributed by atoms with Crippen LogP contribution in [0, 0.1) is 11.6 Å². The normalized spacial score (nSPS) is 12.6. The molecule has 6 heteroatoms. The van der Waals surface area contributed by atoms with Gasteiger partial charge >= 0.3 is 0 Å². The molecule has 0 aliphatic carbocycles. The maximum atomic E-state index is 13.7. The van der Waals surface area contributed by atoms with Gasteiger partial charge in [0.25, 0.3) is 5.91 Å². The van der Waals surface area contributed by atoms with Crippen LogP contribution in [0.1, 0.15) is 15.9 Å². The fourth-order valence-corrected chi connectivity index (χ4v) is 3.10. The zero-order valence-corrected chi connectivity index (χ0v) is 12.5. The first-order valence-electron chi connectivity index (χ1n) is 7.46. The molecule has 3 aromatic rings. The second-order valence-electron chi connectivity index (χ2n) is 5.71. The molecular formula is C18H12F2N2O2. The van der Waals surface area contributed by atoms with Gasteiger partial charge in [-0.1, -0.05) is 12.1 Å². The number of benzene rings is 2. The Morgan fingerprint density at radius 1 is 1.17 bits per heavy atom. The molecule has 2 heterocycles. The molecule has 1 aliphatic rings. The van der Waals surface area contributed by atoms with Gasteiger partial charge in [0.15, 0.2) is 0 Å². The van der Waals surface area contributed by atoms with Crippen molar-refractivity contribution in [3.05, 3.63) is 75.6 Å². The standard InChI is InChI=1S/C18H12F2N2O2/c19-11-4-5-15(14(20)8-11)21-18(24)13-9-22-7-6-10-2-1-3-12(16(10)22)17(13)23/h1-5,8-9H,6-7H2,(H,21,24). The first-order valence-corrected chi connectivity index (χ1v) is 7.46. The first kappa shape index (κ1) is 14.6. The van der Waals surface area contributed by atoms with E-state index >= 15 is 0 Å². The van der Waals surface area contributed by atoms with Gasteiger partial charge in [0.2, 0.25) is 5.43 Å². The number of nitrogens with one attached hydrogen (secondary N) is 1. The van der Waals surface area contributed by atoms with Gasteiger partial charge in [0.1, 0.15) is 17.2 Å². The third kappa shape index (κ3) is 2.19. The Labute approximate surface area is 135 Å². The van der Waals surface area contributed by atoms with Gasteiger partial charge in [0, 0.05) is 24.2 Å². The number of carbonyl (C=O) groups excluding carboxylic acids is 1. The molecule has 1 amide bonds. The van der Waals surface area contributed by atoms with Crippen molar-refractivity contribution in [2.45, 2.75) is 13.0 Å². The van der Waals surface area contributed by atoms with Crippen molar-refractivity contribution in [1.29, 1.82) is 0 Å². The van der Waals surface area contributed by atoms with Crippen LogP contribution in [0.25, 0.3) is 10.9 Å². The van der Waals surface area contributed by atoms with Gasteiger partial charge < -0.3 is 9.88 Å². The minimum atomic E-state index is -0.893. The minimum Gasteiger partial charge on any atom is -0.346 e. The van der Waals surface area contributed by atoms with Crippen molar-refractivity contribution < 1.29 is 13.6 Å². The molecule has 120 valence electrons. The molecule has 0 radical (unpaired) electrons. The smallest absolute Gasteiger partial charge is 0.261 e. The number of aryl methyl sites for hydroxylation is 2. The molecule has 0 saturated carbocycles. The second-order valence-corrected chi connectivity index (χ2v) is 5.71. The van der Waals surface area contributed by atoms with Crippen LogP contribution in [0.2, 0.25) is 0 Å². The molecule has 4 nitrogen and oxygen atoms in total. The molecule has 2 aromatic carbocycles. The third-order valence-electron chi connectivity index (χ3n) is 4.23. The summed E-state index contributed by atoms with van der Waals surface area (Å²) in [7, 11) is 0. The molecular weight excluding hydrogens is 314 g/mol. The molecule has 0 bridgehead atoms. The summed E-state index contributed by atoms with van der Waals surface area (Å²) in [6.07, 6.45) is 2.30. The predicted molar refractivity (Wildman–Crippen MR) is 86.2 cm³/mol. The lowest BCUT2D eigenvalue weighted by atomic mass is 10.1. The highest BCUT2D eigenvalue weighted by molar-refractivity contribution is 6.06. The van der Waals surface area contributed by atoms with Crippen molar-refractivity contribution in [3.63, 3.8) is 0 Å². The third-order valence-corrected chi connectivity index (χ3v) is 4.23. The monoisotopic (exact) mass is 326 g/mol. The van der Waals surface area contributed by atoms with E-state index in [-0.39, 0.29) is 11.3 Å². The van der Waals surface area contributed by atoms with Crippen molar-refractivity contribution in [2.75, 3.05) is 5.32 Å². The average Bonchev–Trinajstić information content (AvgIpc) is 2.97. The second kappa shape index (κ2) is 5.26. The summed E-state index contributed by atoms with van der Waals surface area (Å²) < 4.78 is 28.5. The van der Waals surface area contributed by atoms with Gasteiger partial charge in [-0.15, -0.1) is 0 Å². The van der Waals surface area contributed by atoms with Crippen LogP contribution in [0.15, 0.2) is 47.4 Å². The van der Waals surface area contributed by atoms with Gasteiger partial charge in [0.05, 0.1) is 11.2 Å². The van der Waals surface area contributed by atoms with Crippen LogP contribution >= 0.6 is 0 Å². The highest BCUT2D eigenvalue weighted by atomic mass is 19.1. The summed E-state index contributed by atoms with van der Waals surface area (Å²) in [5, 5.41) is 2.80. The Hall–Kier alpha value is -3.02. The molecule has 0 saturated heterocycles. The molecule has 1 aromatic heterocycles. The lowest BCUT2D eigenvalue weighted by Crippen LogP contribution is -2.23. The predicted octanol–water partition coefficient (Wildman–Crippen LogP) is 3.09. The van der Waals surface area contributed by atoms with E-state index in [1.807, 2.05) is 10.6 Å². The van der Waals surface area contributed by atoms with Gasteiger partial charge in [-0.2, -0.15) is 0 Å². The van der Waals surface area contributed by atoms with E-state index in [1.54, 1.807) is 12.1 Å². The topological polar surface area (TPSA) is 51.1 Å². The van der Waals surface area contributed by atoms with Gasteiger partial charge in [-0.05, 0) is 30.2 Å². The molecule has 24 heavy (non-hydrogen) atoms. The maximum Gasteiger partial charge on any atom is 0.261 e. The zero-order valence-electron chi connectivity index (χ0n) is 12.5. The Morgan fingerprint density at radius 2 is 2.00 bits per heavy atom. The van der Waals surface area contributed by atoms with Crippen LogP contribution in [0.5, 0.6) is 0 Å². The SMILES string of the molecule is O=C(Nc1ccc(F)cc1F)c1cn2c3c(cccc3c1=O)CC2. The number of pyridine rings is 1. The molecule has 0 atom stereocenters. The molecule has 0 spiro atoms. The number of carbonyl (C=O) groups is 1. The highest BCUT2D eigenvalue weighted by Gasteiger charge is 2.21. The Kier molecular flexibility index (Phi) is 3.19. The van der Waals surface area contributed by atoms with Crippen LogP contribution in [-0.2, 0) is 13.0 Å². The Balaban J connectivity index is 1.79. The quantitative estimate of drug-likeness (QED) is 0.787. The summed E-state index contributed by atoms with van der Waals surface area (Å²) in [4.78, 5) is 25.0. The van der Waals surface area contributed by atoms with E-state index < -0.39 is 23.0 Å². The van der Waals surface area contributed by atoms with Crippen molar-refractivity contribution in [2.24, 2.45) is 0 Å². The van der Waals surface area contributed by atoms with Crippen molar-refractivity contribution >= 4 is 22.5 Å². The van der Waals surface area contributed by atoms with Crippen molar-refractivity contribution in [3.8, 4) is 0 Å². The number of hydrogen-bond donors (Lipinski definition) is 1. The van der Waals surface area contributed by atoms with Crippen LogP contribution in [0.4, 0.5) is 14.5 Å². The van der Waals surface area contributed by atoms with Crippen molar-refractivity contribution in [1.82, 2.24) is 4.57 Å². The van der Waals surface area contributed by atoms with E-state index in [1.165, 1.54) is 6.20 Å². The number of nitrogens with zero attached hydrogens (tertiary/aromatic N) is 1. The number of amides is 1. The maximum absolute atomic E-state index is 13.7. The summed E-state index contributed by atoms with van der Waals surface area (Å²) in [6, 6.07) is 8.26. The molecule has 1 N–H and O–H groups in total.